The lowest BCUT2D eigenvalue weighted by Crippen LogP contribution is -2.14. The van der Waals surface area contributed by atoms with E-state index >= 15 is 0 Å². The van der Waals surface area contributed by atoms with Crippen LogP contribution in [-0.2, 0) is 0 Å². The summed E-state index contributed by atoms with van der Waals surface area (Å²) >= 11 is 1.65. The van der Waals surface area contributed by atoms with Crippen LogP contribution >= 0.6 is 11.8 Å². The van der Waals surface area contributed by atoms with Gasteiger partial charge in [-0.2, -0.15) is 11.8 Å². The Balaban J connectivity index is 2.55. The first-order chi connectivity index (χ1) is 9.20. The third kappa shape index (κ3) is 4.85. The lowest BCUT2D eigenvalue weighted by atomic mass is 10.4. The maximum Gasteiger partial charge on any atom is 0.354 e. The fourth-order valence-corrected chi connectivity index (χ4v) is 2.08. The molecule has 0 aliphatic carbocycles. The Morgan fingerprint density at radius 3 is 2.79 bits per heavy atom. The smallest absolute Gasteiger partial charge is 0.354 e. The van der Waals surface area contributed by atoms with Crippen LogP contribution in [0.4, 0.5) is 17.3 Å². The topological polar surface area (TPSA) is 139 Å². The average Bonchev–Trinajstić information content (AvgIpc) is 2.42. The van der Waals surface area contributed by atoms with Crippen molar-refractivity contribution in [1.82, 2.24) is 9.97 Å². The van der Waals surface area contributed by atoms with Crippen LogP contribution in [0.3, 0.4) is 0 Å². The minimum Gasteiger partial charge on any atom is -0.396 e. The maximum absolute atomic E-state index is 10.9. The first-order valence-corrected chi connectivity index (χ1v) is 6.74. The van der Waals surface area contributed by atoms with Crippen LogP contribution in [-0.4, -0.2) is 44.7 Å². The summed E-state index contributed by atoms with van der Waals surface area (Å²) in [4.78, 5) is 17.9. The number of hydrogen-bond acceptors (Lipinski definition) is 9. The molecule has 0 fully saturated rings. The second-order valence-corrected chi connectivity index (χ2v) is 4.66. The van der Waals surface area contributed by atoms with Crippen molar-refractivity contribution < 1.29 is 10.0 Å². The summed E-state index contributed by atoms with van der Waals surface area (Å²) in [5, 5.41) is 22.4. The molecule has 19 heavy (non-hydrogen) atoms. The Labute approximate surface area is 114 Å². The lowest BCUT2D eigenvalue weighted by molar-refractivity contribution is -0.383. The fourth-order valence-electron chi connectivity index (χ4n) is 1.30. The van der Waals surface area contributed by atoms with Gasteiger partial charge in [-0.25, -0.2) is 15.8 Å². The molecule has 0 spiro atoms. The molecule has 10 heteroatoms. The molecule has 0 atom stereocenters. The number of hydrazine groups is 1. The van der Waals surface area contributed by atoms with Crippen molar-refractivity contribution in [2.75, 3.05) is 35.4 Å². The Hall–Kier alpha value is -1.65. The number of aliphatic hydroxyl groups excluding tert-OH is 1. The molecule has 5 N–H and O–H groups in total. The highest BCUT2D eigenvalue weighted by Crippen LogP contribution is 2.27. The molecular formula is C9H16N6O3S. The molecule has 1 rings (SSSR count). The van der Waals surface area contributed by atoms with Crippen molar-refractivity contribution in [2.45, 2.75) is 6.42 Å². The van der Waals surface area contributed by atoms with Crippen molar-refractivity contribution in [3.63, 3.8) is 0 Å². The number of hydrogen-bond donors (Lipinski definition) is 4. The number of thioether (sulfide) groups is 1. The largest absolute Gasteiger partial charge is 0.396 e. The molecule has 1 aromatic heterocycles. The van der Waals surface area contributed by atoms with E-state index in [1.54, 1.807) is 11.8 Å². The number of anilines is 2. The van der Waals surface area contributed by atoms with E-state index in [9.17, 15) is 10.1 Å². The normalized spacial score (nSPS) is 10.2. The molecule has 1 heterocycles. The number of rotatable bonds is 9. The standard InChI is InChI=1S/C9H16N6O3S/c10-14-9-7(15(17)18)8(12-6-13-9)11-2-5-19-4-1-3-16/h6,16H,1-5,10H2,(H2,11,12,13,14). The van der Waals surface area contributed by atoms with Gasteiger partial charge in [-0.3, -0.25) is 10.1 Å². The van der Waals surface area contributed by atoms with E-state index in [0.717, 1.165) is 17.9 Å². The van der Waals surface area contributed by atoms with Gasteiger partial charge in [0.2, 0.25) is 11.6 Å². The highest BCUT2D eigenvalue weighted by Gasteiger charge is 2.21. The number of nitrogens with zero attached hydrogens (tertiary/aromatic N) is 3. The van der Waals surface area contributed by atoms with Gasteiger partial charge in [0, 0.05) is 18.9 Å². The summed E-state index contributed by atoms with van der Waals surface area (Å²) in [7, 11) is 0. The van der Waals surface area contributed by atoms with E-state index in [-0.39, 0.29) is 23.9 Å². The Morgan fingerprint density at radius 1 is 1.42 bits per heavy atom. The van der Waals surface area contributed by atoms with Gasteiger partial charge in [-0.1, -0.05) is 0 Å². The van der Waals surface area contributed by atoms with Crippen LogP contribution < -0.4 is 16.6 Å². The molecule has 0 aromatic carbocycles. The van der Waals surface area contributed by atoms with E-state index in [0.29, 0.717) is 6.54 Å². The number of nitrogen functional groups attached to an aromatic ring is 1. The first kappa shape index (κ1) is 15.4. The van der Waals surface area contributed by atoms with Crippen LogP contribution in [0.5, 0.6) is 0 Å². The van der Waals surface area contributed by atoms with E-state index in [1.807, 2.05) is 0 Å². The quantitative estimate of drug-likeness (QED) is 0.217. The molecule has 0 aliphatic heterocycles. The highest BCUT2D eigenvalue weighted by molar-refractivity contribution is 7.99. The van der Waals surface area contributed by atoms with E-state index < -0.39 is 4.92 Å². The third-order valence-electron chi connectivity index (χ3n) is 2.13. The van der Waals surface area contributed by atoms with Crippen molar-refractivity contribution in [3.8, 4) is 0 Å². The average molecular weight is 288 g/mol. The van der Waals surface area contributed by atoms with Crippen LogP contribution in [0.15, 0.2) is 6.33 Å². The molecular weight excluding hydrogens is 272 g/mol. The summed E-state index contributed by atoms with van der Waals surface area (Å²) in [5.41, 5.74) is 1.90. The minimum atomic E-state index is -0.587. The highest BCUT2D eigenvalue weighted by atomic mass is 32.2. The number of nitro groups is 1. The monoisotopic (exact) mass is 288 g/mol. The predicted octanol–water partition coefficient (Wildman–Crippen LogP) is 0.198. The van der Waals surface area contributed by atoms with Gasteiger partial charge in [0.1, 0.15) is 6.33 Å². The minimum absolute atomic E-state index is 0.0320. The fraction of sp³-hybridized carbons (Fsp3) is 0.556. The zero-order chi connectivity index (χ0) is 14.1. The van der Waals surface area contributed by atoms with E-state index in [2.05, 4.69) is 20.7 Å². The Morgan fingerprint density at radius 2 is 2.16 bits per heavy atom. The molecule has 0 amide bonds. The summed E-state index contributed by atoms with van der Waals surface area (Å²) in [5.74, 6) is 6.87. The summed E-state index contributed by atoms with van der Waals surface area (Å²) in [6.07, 6.45) is 1.93. The molecule has 0 unspecified atom stereocenters. The van der Waals surface area contributed by atoms with Gasteiger partial charge >= 0.3 is 5.69 Å². The molecule has 0 saturated heterocycles. The molecule has 9 nitrogen and oxygen atoms in total. The van der Waals surface area contributed by atoms with Crippen LogP contribution in [0.1, 0.15) is 6.42 Å². The lowest BCUT2D eigenvalue weighted by Gasteiger charge is -2.07. The zero-order valence-corrected chi connectivity index (χ0v) is 11.0. The van der Waals surface area contributed by atoms with Crippen molar-refractivity contribution >= 4 is 29.1 Å². The van der Waals surface area contributed by atoms with E-state index in [1.165, 1.54) is 6.33 Å². The van der Waals surface area contributed by atoms with Gasteiger partial charge < -0.3 is 15.8 Å². The van der Waals surface area contributed by atoms with Gasteiger partial charge in [-0.05, 0) is 12.2 Å². The summed E-state index contributed by atoms with van der Waals surface area (Å²) in [6.45, 7) is 0.696. The van der Waals surface area contributed by atoms with Crippen molar-refractivity contribution in [3.05, 3.63) is 16.4 Å². The number of nitrogens with two attached hydrogens (primary N) is 1. The molecule has 0 radical (unpaired) electrons. The number of aliphatic hydroxyl groups is 1. The summed E-state index contributed by atoms with van der Waals surface area (Å²) in [6, 6.07) is 0. The Bertz CT molecular complexity index is 419. The molecule has 1 aromatic rings. The molecule has 106 valence electrons. The van der Waals surface area contributed by atoms with Crippen LogP contribution in [0.25, 0.3) is 0 Å². The molecule has 0 bridgehead atoms. The Kier molecular flexibility index (Phi) is 6.85. The van der Waals surface area contributed by atoms with E-state index in [4.69, 9.17) is 10.9 Å². The number of nitrogens with one attached hydrogen (secondary N) is 2. The van der Waals surface area contributed by atoms with Crippen molar-refractivity contribution in [2.24, 2.45) is 5.84 Å². The van der Waals surface area contributed by atoms with Crippen LogP contribution in [0.2, 0.25) is 0 Å². The zero-order valence-electron chi connectivity index (χ0n) is 10.2. The van der Waals surface area contributed by atoms with Gasteiger partial charge in [0.25, 0.3) is 0 Å². The summed E-state index contributed by atoms with van der Waals surface area (Å²) < 4.78 is 0. The number of aromatic nitrogens is 2. The second-order valence-electron chi connectivity index (χ2n) is 3.44. The second kappa shape index (κ2) is 8.45. The maximum atomic E-state index is 10.9. The van der Waals surface area contributed by atoms with Gasteiger partial charge in [-0.15, -0.1) is 0 Å². The van der Waals surface area contributed by atoms with Crippen LogP contribution in [0, 0.1) is 10.1 Å². The van der Waals surface area contributed by atoms with Crippen molar-refractivity contribution in [1.29, 1.82) is 0 Å². The predicted molar refractivity (Wildman–Crippen MR) is 74.0 cm³/mol. The molecule has 0 aliphatic rings. The first-order valence-electron chi connectivity index (χ1n) is 5.59. The van der Waals surface area contributed by atoms with Gasteiger partial charge in [0.15, 0.2) is 0 Å². The van der Waals surface area contributed by atoms with Gasteiger partial charge in [0.05, 0.1) is 4.92 Å². The third-order valence-corrected chi connectivity index (χ3v) is 3.20. The molecule has 0 saturated carbocycles. The SMILES string of the molecule is NNc1ncnc(NCCSCCCO)c1[N+](=O)[O-].